The van der Waals surface area contributed by atoms with Gasteiger partial charge in [-0.2, -0.15) is 0 Å². The van der Waals surface area contributed by atoms with Crippen LogP contribution in [0.3, 0.4) is 0 Å². The maximum atomic E-state index is 13.2. The van der Waals surface area contributed by atoms with Gasteiger partial charge in [0.1, 0.15) is 16.7 Å². The Morgan fingerprint density at radius 2 is 1.66 bits per heavy atom. The van der Waals surface area contributed by atoms with E-state index in [1.54, 1.807) is 27.5 Å². The van der Waals surface area contributed by atoms with Crippen molar-refractivity contribution < 1.29 is 14.4 Å². The summed E-state index contributed by atoms with van der Waals surface area (Å²) in [7, 11) is 3.81. The molecule has 2 atom stereocenters. The number of pyridine rings is 2. The third kappa shape index (κ3) is 6.69. The van der Waals surface area contributed by atoms with Crippen molar-refractivity contribution in [2.24, 2.45) is 13.0 Å². The van der Waals surface area contributed by atoms with Gasteiger partial charge in [0.2, 0.25) is 11.8 Å². The zero-order chi connectivity index (χ0) is 40.5. The number of carbonyl (C=O) groups is 3. The van der Waals surface area contributed by atoms with Crippen molar-refractivity contribution >= 4 is 78.3 Å². The number of imide groups is 1. The highest BCUT2D eigenvalue weighted by Crippen LogP contribution is 2.43. The Bertz CT molecular complexity index is 2710. The van der Waals surface area contributed by atoms with Crippen LogP contribution in [0.4, 0.5) is 17.2 Å². The molecular formula is C44H48N10O4S. The summed E-state index contributed by atoms with van der Waals surface area (Å²) in [6.45, 7) is 9.66. The van der Waals surface area contributed by atoms with Gasteiger partial charge in [-0.25, -0.2) is 14.8 Å². The molecule has 3 fully saturated rings. The predicted molar refractivity (Wildman–Crippen MR) is 233 cm³/mol. The molecule has 2 N–H and O–H groups in total. The summed E-state index contributed by atoms with van der Waals surface area (Å²) in [5, 5.41) is 7.65. The highest BCUT2D eigenvalue weighted by Gasteiger charge is 2.32. The largest absolute Gasteiger partial charge is 0.371 e. The van der Waals surface area contributed by atoms with E-state index in [0.29, 0.717) is 17.9 Å². The van der Waals surface area contributed by atoms with Gasteiger partial charge < -0.3 is 20.0 Å². The number of rotatable bonds is 6. The maximum Gasteiger partial charge on any atom is 0.329 e. The third-order valence-corrected chi connectivity index (χ3v) is 14.0. The van der Waals surface area contributed by atoms with Crippen molar-refractivity contribution in [2.45, 2.75) is 44.7 Å². The molecule has 0 bridgehead atoms. The number of carbonyl (C=O) groups excluding carboxylic acids is 3. The van der Waals surface area contributed by atoms with E-state index in [2.05, 4.69) is 85.8 Å². The number of fused-ring (bicyclic) bond motifs is 6. The van der Waals surface area contributed by atoms with Gasteiger partial charge in [-0.1, -0.05) is 0 Å². The molecule has 4 aliphatic heterocycles. The molecule has 0 radical (unpaired) electrons. The van der Waals surface area contributed by atoms with Gasteiger partial charge in [-0.05, 0) is 86.7 Å². The van der Waals surface area contributed by atoms with E-state index in [1.165, 1.54) is 0 Å². The molecule has 8 heterocycles. The SMILES string of the molecule is C[C@@H]1CN(C)c2c(sc3ccc4nc(-c5ccc(N6CCN(CC7CCN(c8ccc9c(c8)n(C)c(=O)n9C8CCC(=O)NC8=O)CC7)CC6)nc5)ccc4c23)C(=O)N1. The first-order valence-electron chi connectivity index (χ1n) is 20.7. The predicted octanol–water partition coefficient (Wildman–Crippen LogP) is 4.75. The van der Waals surface area contributed by atoms with Gasteiger partial charge in [0.15, 0.2) is 0 Å². The summed E-state index contributed by atoms with van der Waals surface area (Å²) in [6, 6.07) is 18.0. The van der Waals surface area contributed by atoms with E-state index in [0.717, 1.165) is 125 Å². The lowest BCUT2D eigenvalue weighted by Crippen LogP contribution is -2.49. The number of anilines is 3. The Morgan fingerprint density at radius 1 is 0.847 bits per heavy atom. The highest BCUT2D eigenvalue weighted by molar-refractivity contribution is 7.21. The molecule has 3 saturated heterocycles. The van der Waals surface area contributed by atoms with Gasteiger partial charge >= 0.3 is 5.69 Å². The number of piperidine rings is 2. The molecule has 14 nitrogen and oxygen atoms in total. The average Bonchev–Trinajstić information content (AvgIpc) is 3.73. The van der Waals surface area contributed by atoms with Crippen LogP contribution < -0.4 is 31.0 Å². The van der Waals surface area contributed by atoms with Crippen LogP contribution in [0, 0.1) is 5.92 Å². The highest BCUT2D eigenvalue weighted by atomic mass is 32.1. The van der Waals surface area contributed by atoms with Crippen LogP contribution in [0.25, 0.3) is 43.3 Å². The molecule has 10 rings (SSSR count). The van der Waals surface area contributed by atoms with E-state index in [9.17, 15) is 19.2 Å². The Balaban J connectivity index is 0.747. The molecule has 6 aromatic rings. The number of nitrogens with zero attached hydrogens (tertiary/aromatic N) is 8. The first-order valence-corrected chi connectivity index (χ1v) is 21.5. The Labute approximate surface area is 345 Å². The molecule has 15 heteroatoms. The number of nitrogens with one attached hydrogen (secondary N) is 2. The van der Waals surface area contributed by atoms with Crippen LogP contribution in [-0.2, 0) is 16.6 Å². The zero-order valence-electron chi connectivity index (χ0n) is 33.6. The second-order valence-electron chi connectivity index (χ2n) is 16.7. The Hall–Kier alpha value is -5.80. The van der Waals surface area contributed by atoms with Gasteiger partial charge in [-0.3, -0.25) is 33.7 Å². The maximum absolute atomic E-state index is 13.2. The number of benzene rings is 2. The van der Waals surface area contributed by atoms with E-state index in [4.69, 9.17) is 9.97 Å². The van der Waals surface area contributed by atoms with E-state index < -0.39 is 11.9 Å². The Morgan fingerprint density at radius 3 is 2.42 bits per heavy atom. The second kappa shape index (κ2) is 14.8. The van der Waals surface area contributed by atoms with Crippen molar-refractivity contribution in [2.75, 3.05) is 74.1 Å². The van der Waals surface area contributed by atoms with Gasteiger partial charge in [0, 0.05) is 112 Å². The number of likely N-dealkylation sites (N-methyl/N-ethyl adjacent to an activating group) is 1. The quantitative estimate of drug-likeness (QED) is 0.227. The van der Waals surface area contributed by atoms with Crippen LogP contribution in [0.5, 0.6) is 0 Å². The monoisotopic (exact) mass is 812 g/mol. The number of aromatic nitrogens is 4. The minimum atomic E-state index is -0.681. The first kappa shape index (κ1) is 37.5. The Kier molecular flexibility index (Phi) is 9.39. The molecule has 2 aromatic carbocycles. The summed E-state index contributed by atoms with van der Waals surface area (Å²) >= 11 is 1.55. The number of hydrogen-bond acceptors (Lipinski definition) is 11. The molecule has 4 aliphatic rings. The third-order valence-electron chi connectivity index (χ3n) is 12.8. The average molecular weight is 813 g/mol. The van der Waals surface area contributed by atoms with Gasteiger partial charge in [0.05, 0.1) is 27.9 Å². The minimum Gasteiger partial charge on any atom is -0.371 e. The number of aryl methyl sites for hydroxylation is 1. The van der Waals surface area contributed by atoms with Crippen molar-refractivity contribution in [3.63, 3.8) is 0 Å². The fourth-order valence-corrected chi connectivity index (χ4v) is 10.9. The lowest BCUT2D eigenvalue weighted by atomic mass is 9.95. The summed E-state index contributed by atoms with van der Waals surface area (Å²) in [5.41, 5.74) is 6.10. The number of thiophene rings is 1. The normalized spacial score (nSPS) is 21.0. The van der Waals surface area contributed by atoms with Crippen LogP contribution in [0.2, 0.25) is 0 Å². The van der Waals surface area contributed by atoms with Crippen LogP contribution >= 0.6 is 11.3 Å². The lowest BCUT2D eigenvalue weighted by Gasteiger charge is -2.39. The number of amides is 3. The van der Waals surface area contributed by atoms with Crippen LogP contribution in [0.15, 0.2) is 65.6 Å². The lowest BCUT2D eigenvalue weighted by molar-refractivity contribution is -0.135. The molecule has 0 spiro atoms. The summed E-state index contributed by atoms with van der Waals surface area (Å²) in [6.07, 6.45) is 4.70. The fraction of sp³-hybridized carbons (Fsp3) is 0.409. The van der Waals surface area contributed by atoms with Gasteiger partial charge in [0.25, 0.3) is 5.91 Å². The smallest absolute Gasteiger partial charge is 0.329 e. The van der Waals surface area contributed by atoms with E-state index in [-0.39, 0.29) is 30.0 Å². The van der Waals surface area contributed by atoms with Crippen LogP contribution in [0.1, 0.15) is 48.3 Å². The van der Waals surface area contributed by atoms with E-state index in [1.807, 2.05) is 19.2 Å². The molecular weight excluding hydrogens is 765 g/mol. The first-order chi connectivity index (χ1) is 28.6. The summed E-state index contributed by atoms with van der Waals surface area (Å²) in [5.74, 6) is 0.900. The molecule has 59 heavy (non-hydrogen) atoms. The van der Waals surface area contributed by atoms with Crippen molar-refractivity contribution in [3.8, 4) is 11.3 Å². The standard InChI is InChI=1S/C44H48N10O4S/c1-26-24-49(2)40-39-30-6-7-31(47-32(30)8-11-36(39)59-41(40)43(57)46-26)28-4-12-37(45-23-28)53-20-18-51(19-21-53)25-27-14-16-52(17-15-27)29-5-9-33-35(22-29)50(3)44(58)54(33)34-10-13-38(55)48-42(34)56/h4-9,11-12,22-23,26-27,34H,10,13-21,24-25H2,1-3H3,(H,46,57)(H,48,55,56)/t26-,34?/m1/s1. The minimum absolute atomic E-state index is 0.00755. The molecule has 4 aromatic heterocycles. The molecule has 0 aliphatic carbocycles. The fourth-order valence-electron chi connectivity index (χ4n) is 9.70. The summed E-state index contributed by atoms with van der Waals surface area (Å²) in [4.78, 5) is 70.9. The zero-order valence-corrected chi connectivity index (χ0v) is 34.4. The van der Waals surface area contributed by atoms with Crippen LogP contribution in [-0.4, -0.2) is 107 Å². The second-order valence-corrected chi connectivity index (χ2v) is 17.8. The number of piperazine rings is 1. The van der Waals surface area contributed by atoms with E-state index >= 15 is 0 Å². The molecule has 3 amide bonds. The number of hydrogen-bond donors (Lipinski definition) is 2. The molecule has 1 unspecified atom stereocenters. The van der Waals surface area contributed by atoms with Crippen molar-refractivity contribution in [1.29, 1.82) is 0 Å². The van der Waals surface area contributed by atoms with Crippen molar-refractivity contribution in [3.05, 3.63) is 76.2 Å². The number of imidazole rings is 1. The topological polar surface area (TPSA) is 141 Å². The van der Waals surface area contributed by atoms with Crippen molar-refractivity contribution in [1.82, 2.24) is 34.6 Å². The molecule has 304 valence electrons. The summed E-state index contributed by atoms with van der Waals surface area (Å²) < 4.78 is 4.24. The molecule has 0 saturated carbocycles. The van der Waals surface area contributed by atoms with Gasteiger partial charge in [-0.15, -0.1) is 11.3 Å².